The summed E-state index contributed by atoms with van der Waals surface area (Å²) in [6.45, 7) is 2.72. The van der Waals surface area contributed by atoms with E-state index < -0.39 is 15.8 Å². The number of carbonyl (C=O) groups is 2. The lowest BCUT2D eigenvalue weighted by atomic mass is 10.1. The maximum Gasteiger partial charge on any atom is 0.282 e. The molecule has 0 aromatic heterocycles. The molecule has 0 aliphatic carbocycles. The molecule has 0 bridgehead atoms. The van der Waals surface area contributed by atoms with Crippen molar-refractivity contribution >= 4 is 23.2 Å². The van der Waals surface area contributed by atoms with E-state index in [4.69, 9.17) is 0 Å². The second-order valence-corrected chi connectivity index (χ2v) is 6.94. The van der Waals surface area contributed by atoms with Gasteiger partial charge in [0.15, 0.2) is 0 Å². The first-order valence-electron chi connectivity index (χ1n) is 9.65. The second-order valence-electron chi connectivity index (χ2n) is 6.94. The summed E-state index contributed by atoms with van der Waals surface area (Å²) in [6, 6.07) is 11.6. The summed E-state index contributed by atoms with van der Waals surface area (Å²) in [6.07, 6.45) is 0. The van der Waals surface area contributed by atoms with Crippen LogP contribution in [0.25, 0.3) is 0 Å². The number of nitrogens with zero attached hydrogens (tertiary/aromatic N) is 4. The maximum atomic E-state index is 12.7. The zero-order valence-electron chi connectivity index (χ0n) is 16.6. The summed E-state index contributed by atoms with van der Waals surface area (Å²) >= 11 is 0. The number of benzene rings is 2. The summed E-state index contributed by atoms with van der Waals surface area (Å²) in [5.41, 5.74) is -0.389. The van der Waals surface area contributed by atoms with E-state index in [-0.39, 0.29) is 28.4 Å². The number of amides is 2. The van der Waals surface area contributed by atoms with E-state index in [9.17, 15) is 29.8 Å². The number of hydrogen-bond acceptors (Lipinski definition) is 7. The molecule has 1 heterocycles. The van der Waals surface area contributed by atoms with Gasteiger partial charge in [-0.1, -0.05) is 24.3 Å². The van der Waals surface area contributed by atoms with Crippen molar-refractivity contribution in [2.75, 3.05) is 39.3 Å². The van der Waals surface area contributed by atoms with Crippen molar-refractivity contribution in [1.82, 2.24) is 15.1 Å². The Morgan fingerprint density at radius 2 is 1.35 bits per heavy atom. The number of nitro groups is 2. The number of nitrogens with one attached hydrogen (secondary N) is 1. The Bertz CT molecular complexity index is 1000. The Labute approximate surface area is 177 Å². The lowest BCUT2D eigenvalue weighted by Gasteiger charge is -2.34. The second kappa shape index (κ2) is 9.76. The molecular formula is C20H21N5O6. The first-order valence-corrected chi connectivity index (χ1v) is 9.65. The highest BCUT2D eigenvalue weighted by atomic mass is 16.6. The molecule has 2 amide bonds. The molecule has 1 aliphatic rings. The van der Waals surface area contributed by atoms with E-state index in [1.807, 2.05) is 4.90 Å². The summed E-state index contributed by atoms with van der Waals surface area (Å²) in [5.74, 6) is -0.894. The Hall–Kier alpha value is -3.86. The van der Waals surface area contributed by atoms with Crippen molar-refractivity contribution in [1.29, 1.82) is 0 Å². The first-order chi connectivity index (χ1) is 14.9. The fourth-order valence-electron chi connectivity index (χ4n) is 3.41. The standard InChI is InChI=1S/C20H21N5O6/c26-19(15-5-1-3-7-17(15)24(28)29)21-9-10-22-11-13-23(14-12-22)20(27)16-6-2-4-8-18(16)25(30)31/h1-8H,9-14H2,(H,21,26). The van der Waals surface area contributed by atoms with Gasteiger partial charge in [0.05, 0.1) is 9.85 Å². The third-order valence-electron chi connectivity index (χ3n) is 5.05. The van der Waals surface area contributed by atoms with Gasteiger partial charge in [0.1, 0.15) is 11.1 Å². The molecule has 31 heavy (non-hydrogen) atoms. The summed E-state index contributed by atoms with van der Waals surface area (Å²) in [7, 11) is 0. The van der Waals surface area contributed by atoms with Gasteiger partial charge in [-0.2, -0.15) is 0 Å². The van der Waals surface area contributed by atoms with Gasteiger partial charge in [-0.3, -0.25) is 34.7 Å². The largest absolute Gasteiger partial charge is 0.351 e. The lowest BCUT2D eigenvalue weighted by molar-refractivity contribution is -0.385. The zero-order valence-corrected chi connectivity index (χ0v) is 16.6. The number of carbonyl (C=O) groups excluding carboxylic acids is 2. The molecule has 1 N–H and O–H groups in total. The van der Waals surface area contributed by atoms with Gasteiger partial charge >= 0.3 is 0 Å². The fourth-order valence-corrected chi connectivity index (χ4v) is 3.41. The SMILES string of the molecule is O=C(NCCN1CCN(C(=O)c2ccccc2[N+](=O)[O-])CC1)c1ccccc1[N+](=O)[O-]. The Balaban J connectivity index is 1.49. The molecule has 0 spiro atoms. The van der Waals surface area contributed by atoms with Crippen molar-refractivity contribution in [2.45, 2.75) is 0 Å². The van der Waals surface area contributed by atoms with Crippen LogP contribution in [0.3, 0.4) is 0 Å². The van der Waals surface area contributed by atoms with Crippen molar-refractivity contribution in [2.24, 2.45) is 0 Å². The molecule has 3 rings (SSSR count). The number of para-hydroxylation sites is 2. The molecule has 162 valence electrons. The third-order valence-corrected chi connectivity index (χ3v) is 5.05. The maximum absolute atomic E-state index is 12.7. The van der Waals surface area contributed by atoms with Crippen LogP contribution in [0.4, 0.5) is 11.4 Å². The summed E-state index contributed by atoms with van der Waals surface area (Å²) < 4.78 is 0. The van der Waals surface area contributed by atoms with Gasteiger partial charge in [0, 0.05) is 51.4 Å². The van der Waals surface area contributed by atoms with Gasteiger partial charge in [0.25, 0.3) is 23.2 Å². The predicted molar refractivity (Wildman–Crippen MR) is 111 cm³/mol. The Morgan fingerprint density at radius 1 is 0.839 bits per heavy atom. The normalized spacial score (nSPS) is 14.1. The topological polar surface area (TPSA) is 139 Å². The summed E-state index contributed by atoms with van der Waals surface area (Å²) in [4.78, 5) is 49.6. The summed E-state index contributed by atoms with van der Waals surface area (Å²) in [5, 5.41) is 24.9. The van der Waals surface area contributed by atoms with Crippen LogP contribution < -0.4 is 5.32 Å². The molecule has 0 radical (unpaired) electrons. The van der Waals surface area contributed by atoms with Gasteiger partial charge in [-0.05, 0) is 12.1 Å². The molecular weight excluding hydrogens is 406 g/mol. The smallest absolute Gasteiger partial charge is 0.282 e. The minimum Gasteiger partial charge on any atom is -0.351 e. The van der Waals surface area contributed by atoms with Gasteiger partial charge in [-0.25, -0.2) is 0 Å². The van der Waals surface area contributed by atoms with Gasteiger partial charge in [0.2, 0.25) is 0 Å². The molecule has 1 saturated heterocycles. The van der Waals surface area contributed by atoms with Crippen molar-refractivity contribution in [3.8, 4) is 0 Å². The van der Waals surface area contributed by atoms with Crippen LogP contribution in [0.1, 0.15) is 20.7 Å². The Morgan fingerprint density at radius 3 is 1.94 bits per heavy atom. The van der Waals surface area contributed by atoms with E-state index in [0.717, 1.165) is 0 Å². The van der Waals surface area contributed by atoms with Crippen LogP contribution in [0.2, 0.25) is 0 Å². The van der Waals surface area contributed by atoms with E-state index >= 15 is 0 Å². The van der Waals surface area contributed by atoms with Crippen LogP contribution in [0.15, 0.2) is 48.5 Å². The van der Waals surface area contributed by atoms with Crippen molar-refractivity contribution in [3.63, 3.8) is 0 Å². The molecule has 1 fully saturated rings. The lowest BCUT2D eigenvalue weighted by Crippen LogP contribution is -2.50. The molecule has 11 heteroatoms. The quantitative estimate of drug-likeness (QED) is 0.524. The van der Waals surface area contributed by atoms with E-state index in [2.05, 4.69) is 5.32 Å². The minimum atomic E-state index is -0.595. The van der Waals surface area contributed by atoms with Crippen LogP contribution in [-0.2, 0) is 0 Å². The van der Waals surface area contributed by atoms with E-state index in [0.29, 0.717) is 39.3 Å². The Kier molecular flexibility index (Phi) is 6.88. The molecule has 2 aromatic rings. The molecule has 0 saturated carbocycles. The van der Waals surface area contributed by atoms with Crippen LogP contribution >= 0.6 is 0 Å². The average Bonchev–Trinajstić information content (AvgIpc) is 2.79. The number of hydrogen-bond donors (Lipinski definition) is 1. The predicted octanol–water partition coefficient (Wildman–Crippen LogP) is 1.69. The zero-order chi connectivity index (χ0) is 22.4. The molecule has 2 aromatic carbocycles. The average molecular weight is 427 g/mol. The van der Waals surface area contributed by atoms with Crippen molar-refractivity contribution < 1.29 is 19.4 Å². The van der Waals surface area contributed by atoms with E-state index in [1.165, 1.54) is 36.4 Å². The number of nitro benzene ring substituents is 2. The minimum absolute atomic E-state index is 0.00683. The van der Waals surface area contributed by atoms with E-state index in [1.54, 1.807) is 17.0 Å². The highest BCUT2D eigenvalue weighted by molar-refractivity contribution is 5.98. The fraction of sp³-hybridized carbons (Fsp3) is 0.300. The molecule has 0 unspecified atom stereocenters. The van der Waals surface area contributed by atoms with Crippen LogP contribution in [0.5, 0.6) is 0 Å². The monoisotopic (exact) mass is 427 g/mol. The van der Waals surface area contributed by atoms with Crippen molar-refractivity contribution in [3.05, 3.63) is 79.9 Å². The third kappa shape index (κ3) is 5.20. The first kappa shape index (κ1) is 21.8. The number of rotatable bonds is 7. The van der Waals surface area contributed by atoms with Crippen LogP contribution in [0, 0.1) is 20.2 Å². The molecule has 0 atom stereocenters. The highest BCUT2D eigenvalue weighted by Crippen LogP contribution is 2.20. The molecule has 1 aliphatic heterocycles. The van der Waals surface area contributed by atoms with Crippen LogP contribution in [-0.4, -0.2) is 70.7 Å². The molecule has 11 nitrogen and oxygen atoms in total. The highest BCUT2D eigenvalue weighted by Gasteiger charge is 2.27. The van der Waals surface area contributed by atoms with Gasteiger partial charge in [-0.15, -0.1) is 0 Å². The van der Waals surface area contributed by atoms with Gasteiger partial charge < -0.3 is 10.2 Å². The number of piperazine rings is 1.